The van der Waals surface area contributed by atoms with Gasteiger partial charge in [-0.25, -0.2) is 0 Å². The molecule has 1 atom stereocenters. The van der Waals surface area contributed by atoms with Gasteiger partial charge in [0.05, 0.1) is 13.0 Å². The van der Waals surface area contributed by atoms with E-state index in [-0.39, 0.29) is 18.4 Å². The highest BCUT2D eigenvalue weighted by atomic mass is 35.5. The van der Waals surface area contributed by atoms with Gasteiger partial charge in [0, 0.05) is 21.7 Å². The Morgan fingerprint density at radius 3 is 2.33 bits per heavy atom. The molecule has 5 heteroatoms. The van der Waals surface area contributed by atoms with Crippen molar-refractivity contribution in [2.45, 2.75) is 19.4 Å². The van der Waals surface area contributed by atoms with E-state index < -0.39 is 0 Å². The maximum Gasteiger partial charge on any atom is 0.307 e. The molecule has 1 aromatic carbocycles. The topological polar surface area (TPSA) is 29.5 Å². The Balaban J connectivity index is 3.01. The highest BCUT2D eigenvalue weighted by molar-refractivity contribution is 6.36. The lowest BCUT2D eigenvalue weighted by atomic mass is 10.0. The predicted octanol–water partition coefficient (Wildman–Crippen LogP) is 3.55. The summed E-state index contributed by atoms with van der Waals surface area (Å²) in [5, 5.41) is 1.12. The molecule has 1 aromatic rings. The molecule has 0 N–H and O–H groups in total. The normalized spacial score (nSPS) is 12.6. The molecule has 1 rings (SSSR count). The van der Waals surface area contributed by atoms with Crippen molar-refractivity contribution >= 4 is 29.2 Å². The van der Waals surface area contributed by atoms with Crippen LogP contribution in [0.15, 0.2) is 18.2 Å². The zero-order valence-corrected chi connectivity index (χ0v) is 12.3. The number of rotatable bonds is 5. The van der Waals surface area contributed by atoms with Crippen LogP contribution in [0, 0.1) is 0 Å². The van der Waals surface area contributed by atoms with Gasteiger partial charge < -0.3 is 9.64 Å². The van der Waals surface area contributed by atoms with Crippen LogP contribution in [0.2, 0.25) is 10.0 Å². The molecule has 0 aliphatic heterocycles. The largest absolute Gasteiger partial charge is 0.466 e. The Morgan fingerprint density at radius 1 is 1.33 bits per heavy atom. The molecule has 1 unspecified atom stereocenters. The zero-order valence-electron chi connectivity index (χ0n) is 10.7. The molecule has 3 nitrogen and oxygen atoms in total. The van der Waals surface area contributed by atoms with Crippen molar-refractivity contribution in [1.82, 2.24) is 4.90 Å². The maximum atomic E-state index is 11.6. The van der Waals surface area contributed by atoms with Crippen LogP contribution in [0.25, 0.3) is 0 Å². The molecule has 0 bridgehead atoms. The molecule has 0 aliphatic carbocycles. The van der Waals surface area contributed by atoms with Gasteiger partial charge in [-0.1, -0.05) is 29.3 Å². The van der Waals surface area contributed by atoms with Gasteiger partial charge in [-0.3, -0.25) is 4.79 Å². The second kappa shape index (κ2) is 6.98. The lowest BCUT2D eigenvalue weighted by molar-refractivity contribution is -0.144. The third-order valence-corrected chi connectivity index (χ3v) is 3.28. The molecule has 0 aliphatic rings. The van der Waals surface area contributed by atoms with E-state index in [1.165, 1.54) is 0 Å². The van der Waals surface area contributed by atoms with Gasteiger partial charge in [-0.2, -0.15) is 0 Å². The zero-order chi connectivity index (χ0) is 13.7. The number of ether oxygens (including phenoxy) is 1. The molecule has 0 saturated carbocycles. The van der Waals surface area contributed by atoms with Crippen LogP contribution in [0.3, 0.4) is 0 Å². The number of carbonyl (C=O) groups is 1. The first kappa shape index (κ1) is 15.3. The fourth-order valence-corrected chi connectivity index (χ4v) is 2.40. The Morgan fingerprint density at radius 2 is 1.89 bits per heavy atom. The predicted molar refractivity (Wildman–Crippen MR) is 74.1 cm³/mol. The summed E-state index contributed by atoms with van der Waals surface area (Å²) >= 11 is 12.3. The van der Waals surface area contributed by atoms with E-state index in [0.717, 1.165) is 5.56 Å². The first-order valence-electron chi connectivity index (χ1n) is 5.73. The van der Waals surface area contributed by atoms with Crippen molar-refractivity contribution in [3.8, 4) is 0 Å². The minimum atomic E-state index is -0.257. The fourth-order valence-electron chi connectivity index (χ4n) is 1.75. The van der Waals surface area contributed by atoms with Gasteiger partial charge in [0.2, 0.25) is 0 Å². The quantitative estimate of drug-likeness (QED) is 0.777. The lowest BCUT2D eigenvalue weighted by Gasteiger charge is -2.25. The average molecular weight is 290 g/mol. The van der Waals surface area contributed by atoms with Crippen molar-refractivity contribution in [2.24, 2.45) is 0 Å². The van der Waals surface area contributed by atoms with Crippen LogP contribution in [0.4, 0.5) is 0 Å². The number of hydrogen-bond donors (Lipinski definition) is 0. The number of carbonyl (C=O) groups excluding carboxylic acids is 1. The molecule has 0 heterocycles. The standard InChI is InChI=1S/C13H17Cl2NO2/c1-4-18-12(17)8-11(16(2)3)13-9(14)6-5-7-10(13)15/h5-7,11H,4,8H2,1-3H3. The van der Waals surface area contributed by atoms with Gasteiger partial charge >= 0.3 is 5.97 Å². The second-order valence-corrected chi connectivity index (χ2v) is 4.94. The maximum absolute atomic E-state index is 11.6. The Labute approximate surface area is 118 Å². The molecule has 0 amide bonds. The van der Waals surface area contributed by atoms with E-state index in [1.807, 2.05) is 19.0 Å². The van der Waals surface area contributed by atoms with E-state index in [0.29, 0.717) is 16.7 Å². The van der Waals surface area contributed by atoms with Crippen LogP contribution >= 0.6 is 23.2 Å². The van der Waals surface area contributed by atoms with E-state index in [2.05, 4.69) is 0 Å². The van der Waals surface area contributed by atoms with Crippen molar-refractivity contribution in [2.75, 3.05) is 20.7 Å². The Bertz CT molecular complexity index is 401. The molecule has 0 radical (unpaired) electrons. The van der Waals surface area contributed by atoms with Crippen LogP contribution < -0.4 is 0 Å². The highest BCUT2D eigenvalue weighted by Crippen LogP contribution is 2.34. The van der Waals surface area contributed by atoms with Gasteiger partial charge in [0.1, 0.15) is 0 Å². The number of nitrogens with zero attached hydrogens (tertiary/aromatic N) is 1. The SMILES string of the molecule is CCOC(=O)CC(c1c(Cl)cccc1Cl)N(C)C. The fraction of sp³-hybridized carbons (Fsp3) is 0.462. The number of esters is 1. The summed E-state index contributed by atoms with van der Waals surface area (Å²) in [6.07, 6.45) is 0.226. The third-order valence-electron chi connectivity index (χ3n) is 2.62. The minimum absolute atomic E-state index is 0.190. The minimum Gasteiger partial charge on any atom is -0.466 e. The van der Waals surface area contributed by atoms with Crippen molar-refractivity contribution in [3.63, 3.8) is 0 Å². The van der Waals surface area contributed by atoms with Gasteiger partial charge in [0.25, 0.3) is 0 Å². The summed E-state index contributed by atoms with van der Waals surface area (Å²) in [4.78, 5) is 13.5. The summed E-state index contributed by atoms with van der Waals surface area (Å²) in [5.74, 6) is -0.257. The number of halogens is 2. The monoisotopic (exact) mass is 289 g/mol. The van der Waals surface area contributed by atoms with E-state index in [4.69, 9.17) is 27.9 Å². The summed E-state index contributed by atoms with van der Waals surface area (Å²) < 4.78 is 4.97. The number of hydrogen-bond acceptors (Lipinski definition) is 3. The first-order valence-corrected chi connectivity index (χ1v) is 6.49. The van der Waals surface area contributed by atoms with Crippen molar-refractivity contribution in [1.29, 1.82) is 0 Å². The summed E-state index contributed by atoms with van der Waals surface area (Å²) in [6, 6.07) is 5.13. The van der Waals surface area contributed by atoms with Crippen LogP contribution in [0.5, 0.6) is 0 Å². The molecular weight excluding hydrogens is 273 g/mol. The van der Waals surface area contributed by atoms with Gasteiger partial charge in [0.15, 0.2) is 0 Å². The summed E-state index contributed by atoms with van der Waals surface area (Å²) in [7, 11) is 3.76. The first-order chi connectivity index (χ1) is 8.47. The molecule has 0 aromatic heterocycles. The van der Waals surface area contributed by atoms with Crippen molar-refractivity contribution < 1.29 is 9.53 Å². The van der Waals surface area contributed by atoms with Crippen LogP contribution in [-0.2, 0) is 9.53 Å². The van der Waals surface area contributed by atoms with E-state index >= 15 is 0 Å². The van der Waals surface area contributed by atoms with Gasteiger partial charge in [-0.15, -0.1) is 0 Å². The number of benzene rings is 1. The van der Waals surface area contributed by atoms with Crippen molar-refractivity contribution in [3.05, 3.63) is 33.8 Å². The van der Waals surface area contributed by atoms with E-state index in [9.17, 15) is 4.79 Å². The Hall–Kier alpha value is -0.770. The van der Waals surface area contributed by atoms with Crippen LogP contribution in [0.1, 0.15) is 24.9 Å². The smallest absolute Gasteiger partial charge is 0.307 e. The molecule has 0 fully saturated rings. The summed E-state index contributed by atoms with van der Waals surface area (Å²) in [6.45, 7) is 2.15. The Kier molecular flexibility index (Phi) is 5.93. The van der Waals surface area contributed by atoms with E-state index in [1.54, 1.807) is 25.1 Å². The second-order valence-electron chi connectivity index (χ2n) is 4.12. The highest BCUT2D eigenvalue weighted by Gasteiger charge is 2.23. The molecule has 0 spiro atoms. The summed E-state index contributed by atoms with van der Waals surface area (Å²) in [5.41, 5.74) is 0.763. The molecule has 100 valence electrons. The molecule has 0 saturated heterocycles. The molecular formula is C13H17Cl2NO2. The lowest BCUT2D eigenvalue weighted by Crippen LogP contribution is -2.24. The van der Waals surface area contributed by atoms with Gasteiger partial charge in [-0.05, 0) is 33.2 Å². The van der Waals surface area contributed by atoms with Crippen LogP contribution in [-0.4, -0.2) is 31.6 Å². The third kappa shape index (κ3) is 3.87. The average Bonchev–Trinajstić information content (AvgIpc) is 2.27. The molecule has 18 heavy (non-hydrogen) atoms.